The highest BCUT2D eigenvalue weighted by Crippen LogP contribution is 2.28. The Morgan fingerprint density at radius 2 is 2.00 bits per heavy atom. The molecule has 2 aromatic rings. The fraction of sp³-hybridized carbons (Fsp3) is 0.333. The van der Waals surface area contributed by atoms with Crippen molar-refractivity contribution in [3.8, 4) is 5.75 Å². The third kappa shape index (κ3) is 4.70. The summed E-state index contributed by atoms with van der Waals surface area (Å²) in [5, 5.41) is 0.433. The molecule has 0 aliphatic carbocycles. The van der Waals surface area contributed by atoms with Gasteiger partial charge in [0.25, 0.3) is 0 Å². The van der Waals surface area contributed by atoms with E-state index in [1.807, 2.05) is 44.2 Å². The summed E-state index contributed by atoms with van der Waals surface area (Å²) in [4.78, 5) is 16.2. The summed E-state index contributed by atoms with van der Waals surface area (Å²) in [7, 11) is 1.63. The number of aryl methyl sites for hydroxylation is 1. The van der Waals surface area contributed by atoms with Gasteiger partial charge >= 0.3 is 5.97 Å². The number of hydrogen-bond acceptors (Lipinski definition) is 4. The molecule has 122 valence electrons. The zero-order valence-electron chi connectivity index (χ0n) is 13.5. The molecule has 1 aromatic heterocycles. The summed E-state index contributed by atoms with van der Waals surface area (Å²) in [5.74, 6) is 0.548. The number of esters is 1. The largest absolute Gasteiger partial charge is 0.496 e. The molecule has 0 bridgehead atoms. The van der Waals surface area contributed by atoms with Crippen molar-refractivity contribution in [2.45, 2.75) is 32.8 Å². The lowest BCUT2D eigenvalue weighted by Gasteiger charge is -2.15. The van der Waals surface area contributed by atoms with Gasteiger partial charge in [0.15, 0.2) is 0 Å². The molecule has 0 saturated carbocycles. The Kier molecular flexibility index (Phi) is 5.99. The zero-order chi connectivity index (χ0) is 16.8. The van der Waals surface area contributed by atoms with Gasteiger partial charge in [-0.3, -0.25) is 4.79 Å². The Bertz CT molecular complexity index is 688. The maximum absolute atomic E-state index is 12.1. The van der Waals surface area contributed by atoms with Crippen LogP contribution in [0.2, 0.25) is 5.15 Å². The highest BCUT2D eigenvalue weighted by molar-refractivity contribution is 6.29. The lowest BCUT2D eigenvalue weighted by molar-refractivity contribution is -0.145. The molecule has 0 fully saturated rings. The van der Waals surface area contributed by atoms with E-state index >= 15 is 0 Å². The molecular weight excluding hydrogens is 314 g/mol. The minimum absolute atomic E-state index is 0.0167. The topological polar surface area (TPSA) is 48.4 Å². The van der Waals surface area contributed by atoms with Crippen LogP contribution in [0, 0.1) is 6.92 Å². The molecule has 0 amide bonds. The van der Waals surface area contributed by atoms with E-state index in [9.17, 15) is 4.79 Å². The van der Waals surface area contributed by atoms with Gasteiger partial charge in [-0.15, -0.1) is 0 Å². The molecule has 0 unspecified atom stereocenters. The summed E-state index contributed by atoms with van der Waals surface area (Å²) in [6, 6.07) is 11.2. The van der Waals surface area contributed by atoms with Crippen LogP contribution in [0.25, 0.3) is 0 Å². The number of nitrogens with zero attached hydrogens (tertiary/aromatic N) is 1. The smallest absolute Gasteiger partial charge is 0.306 e. The Hall–Kier alpha value is -2.07. The second-order valence-corrected chi connectivity index (χ2v) is 5.77. The van der Waals surface area contributed by atoms with E-state index in [0.717, 1.165) is 22.6 Å². The Labute approximate surface area is 141 Å². The number of benzene rings is 1. The van der Waals surface area contributed by atoms with Crippen LogP contribution >= 0.6 is 11.6 Å². The average molecular weight is 334 g/mol. The summed E-state index contributed by atoms with van der Waals surface area (Å²) in [6.07, 6.45) is 0.292. The van der Waals surface area contributed by atoms with Crippen molar-refractivity contribution in [2.75, 3.05) is 7.11 Å². The van der Waals surface area contributed by atoms with E-state index < -0.39 is 0 Å². The van der Waals surface area contributed by atoms with Crippen LogP contribution in [-0.4, -0.2) is 18.1 Å². The molecule has 0 radical (unpaired) electrons. The minimum atomic E-state index is -0.252. The van der Waals surface area contributed by atoms with E-state index in [4.69, 9.17) is 21.1 Å². The lowest BCUT2D eigenvalue weighted by atomic mass is 9.97. The Morgan fingerprint density at radius 3 is 2.70 bits per heavy atom. The number of aromatic nitrogens is 1. The van der Waals surface area contributed by atoms with E-state index in [1.165, 1.54) is 0 Å². The van der Waals surface area contributed by atoms with Gasteiger partial charge in [0.2, 0.25) is 0 Å². The number of hydrogen-bond donors (Lipinski definition) is 0. The van der Waals surface area contributed by atoms with Gasteiger partial charge in [-0.05, 0) is 30.5 Å². The van der Waals surface area contributed by atoms with Gasteiger partial charge < -0.3 is 9.47 Å². The first-order chi connectivity index (χ1) is 11.0. The van der Waals surface area contributed by atoms with Crippen molar-refractivity contribution in [3.63, 3.8) is 0 Å². The fourth-order valence-electron chi connectivity index (χ4n) is 2.36. The predicted octanol–water partition coefficient (Wildman–Crippen LogP) is 4.29. The second kappa shape index (κ2) is 7.97. The summed E-state index contributed by atoms with van der Waals surface area (Å²) in [6.45, 7) is 4.02. The first-order valence-electron chi connectivity index (χ1n) is 7.41. The first-order valence-corrected chi connectivity index (χ1v) is 7.79. The summed E-state index contributed by atoms with van der Waals surface area (Å²) >= 11 is 5.81. The number of carbonyl (C=O) groups is 1. The van der Waals surface area contributed by atoms with Crippen molar-refractivity contribution >= 4 is 17.6 Å². The SMILES string of the molecule is COc1ccccc1[C@@H](C)CC(=O)OCc1ccc(Cl)nc1C. The van der Waals surface area contributed by atoms with Gasteiger partial charge in [0.05, 0.1) is 13.5 Å². The van der Waals surface area contributed by atoms with Crippen molar-refractivity contribution in [3.05, 3.63) is 58.4 Å². The maximum atomic E-state index is 12.1. The number of halogens is 1. The van der Waals surface area contributed by atoms with Gasteiger partial charge in [-0.2, -0.15) is 0 Å². The van der Waals surface area contributed by atoms with Crippen LogP contribution in [0.1, 0.15) is 36.1 Å². The molecule has 1 atom stereocenters. The van der Waals surface area contributed by atoms with Gasteiger partial charge in [0.1, 0.15) is 17.5 Å². The minimum Gasteiger partial charge on any atom is -0.496 e. The van der Waals surface area contributed by atoms with E-state index in [1.54, 1.807) is 13.2 Å². The molecule has 0 spiro atoms. The van der Waals surface area contributed by atoms with Crippen LogP contribution < -0.4 is 4.74 Å². The molecule has 0 N–H and O–H groups in total. The second-order valence-electron chi connectivity index (χ2n) is 5.39. The van der Waals surface area contributed by atoms with Crippen LogP contribution in [0.3, 0.4) is 0 Å². The Balaban J connectivity index is 1.94. The fourth-order valence-corrected chi connectivity index (χ4v) is 2.55. The number of para-hydroxylation sites is 1. The van der Waals surface area contributed by atoms with Gasteiger partial charge in [0, 0.05) is 11.3 Å². The molecule has 2 rings (SSSR count). The molecule has 0 aliphatic heterocycles. The molecule has 0 saturated heterocycles. The molecule has 0 aliphatic rings. The molecule has 4 nitrogen and oxygen atoms in total. The molecular formula is C18H20ClNO3. The van der Waals surface area contributed by atoms with E-state index in [2.05, 4.69) is 4.98 Å². The number of pyridine rings is 1. The van der Waals surface area contributed by atoms with Crippen molar-refractivity contribution < 1.29 is 14.3 Å². The van der Waals surface area contributed by atoms with Crippen LogP contribution in [0.4, 0.5) is 0 Å². The van der Waals surface area contributed by atoms with Crippen LogP contribution in [0.15, 0.2) is 36.4 Å². The van der Waals surface area contributed by atoms with Crippen LogP contribution in [-0.2, 0) is 16.1 Å². The van der Waals surface area contributed by atoms with Gasteiger partial charge in [-0.25, -0.2) is 4.98 Å². The standard InChI is InChI=1S/C18H20ClNO3/c1-12(15-6-4-5-7-16(15)22-3)10-18(21)23-11-14-8-9-17(19)20-13(14)2/h4-9,12H,10-11H2,1-3H3/t12-/m0/s1. The number of ether oxygens (including phenoxy) is 2. The van der Waals surface area contributed by atoms with Crippen molar-refractivity contribution in [1.29, 1.82) is 0 Å². The molecule has 5 heteroatoms. The number of carbonyl (C=O) groups excluding carboxylic acids is 1. The third-order valence-corrected chi connectivity index (χ3v) is 3.90. The van der Waals surface area contributed by atoms with Crippen molar-refractivity contribution in [2.24, 2.45) is 0 Å². The first kappa shape index (κ1) is 17.3. The van der Waals surface area contributed by atoms with Gasteiger partial charge in [-0.1, -0.05) is 42.8 Å². The number of methoxy groups -OCH3 is 1. The normalized spacial score (nSPS) is 11.8. The van der Waals surface area contributed by atoms with Crippen LogP contribution in [0.5, 0.6) is 5.75 Å². The lowest BCUT2D eigenvalue weighted by Crippen LogP contribution is -2.10. The zero-order valence-corrected chi connectivity index (χ0v) is 14.3. The molecule has 1 aromatic carbocycles. The third-order valence-electron chi connectivity index (χ3n) is 3.69. The van der Waals surface area contributed by atoms with E-state index in [-0.39, 0.29) is 18.5 Å². The average Bonchev–Trinajstić information content (AvgIpc) is 2.54. The maximum Gasteiger partial charge on any atom is 0.306 e. The summed E-state index contributed by atoms with van der Waals surface area (Å²) in [5.41, 5.74) is 2.62. The quantitative estimate of drug-likeness (QED) is 0.584. The molecule has 23 heavy (non-hydrogen) atoms. The predicted molar refractivity (Wildman–Crippen MR) is 89.8 cm³/mol. The highest BCUT2D eigenvalue weighted by Gasteiger charge is 2.16. The Morgan fingerprint density at radius 1 is 1.26 bits per heavy atom. The highest BCUT2D eigenvalue weighted by atomic mass is 35.5. The summed E-state index contributed by atoms with van der Waals surface area (Å²) < 4.78 is 10.7. The number of rotatable bonds is 6. The van der Waals surface area contributed by atoms with Crippen molar-refractivity contribution in [1.82, 2.24) is 4.98 Å². The molecule has 1 heterocycles. The van der Waals surface area contributed by atoms with E-state index in [0.29, 0.717) is 11.6 Å². The monoisotopic (exact) mass is 333 g/mol.